The van der Waals surface area contributed by atoms with Crippen LogP contribution < -0.4 is 5.32 Å². The van der Waals surface area contributed by atoms with Crippen LogP contribution in [0.5, 0.6) is 0 Å². The Morgan fingerprint density at radius 1 is 1.35 bits per heavy atom. The van der Waals surface area contributed by atoms with Crippen molar-refractivity contribution in [3.63, 3.8) is 0 Å². The second-order valence-corrected chi connectivity index (χ2v) is 6.40. The maximum Gasteiger partial charge on any atom is 0.263 e. The van der Waals surface area contributed by atoms with E-state index >= 15 is 0 Å². The van der Waals surface area contributed by atoms with Crippen LogP contribution >= 0.6 is 11.3 Å². The first-order valence-electron chi connectivity index (χ1n) is 6.99. The number of thiazole rings is 1. The number of hydrogen-bond acceptors (Lipinski definition) is 3. The van der Waals surface area contributed by atoms with Crippen molar-refractivity contribution in [3.8, 4) is 10.6 Å². The van der Waals surface area contributed by atoms with E-state index in [1.54, 1.807) is 0 Å². The van der Waals surface area contributed by atoms with Crippen LogP contribution in [0.1, 0.15) is 35.1 Å². The lowest BCUT2D eigenvalue weighted by Gasteiger charge is -2.11. The molecule has 4 heteroatoms. The van der Waals surface area contributed by atoms with Gasteiger partial charge in [0, 0.05) is 11.6 Å². The van der Waals surface area contributed by atoms with Gasteiger partial charge in [0.05, 0.1) is 5.69 Å². The monoisotopic (exact) mass is 286 g/mol. The highest BCUT2D eigenvalue weighted by Gasteiger charge is 2.29. The van der Waals surface area contributed by atoms with Crippen LogP contribution in [0.25, 0.3) is 10.6 Å². The van der Waals surface area contributed by atoms with Gasteiger partial charge in [-0.15, -0.1) is 11.3 Å². The lowest BCUT2D eigenvalue weighted by Crippen LogP contribution is -2.33. The molecule has 3 nitrogen and oxygen atoms in total. The fourth-order valence-corrected chi connectivity index (χ4v) is 3.27. The minimum atomic E-state index is 0.0154. The number of rotatable bonds is 4. The van der Waals surface area contributed by atoms with Gasteiger partial charge in [0.25, 0.3) is 5.91 Å². The van der Waals surface area contributed by atoms with E-state index in [4.69, 9.17) is 0 Å². The summed E-state index contributed by atoms with van der Waals surface area (Å²) in [5.41, 5.74) is 1.88. The Hall–Kier alpha value is -1.68. The van der Waals surface area contributed by atoms with E-state index in [0.29, 0.717) is 5.92 Å². The van der Waals surface area contributed by atoms with Crippen LogP contribution in [0, 0.1) is 12.8 Å². The Labute approximate surface area is 123 Å². The first-order chi connectivity index (χ1) is 9.65. The Morgan fingerprint density at radius 2 is 2.05 bits per heavy atom. The SMILES string of the molecule is Cc1nc(-c2ccccc2)sc1C(=O)N[C@@H](C)C1CC1. The van der Waals surface area contributed by atoms with E-state index < -0.39 is 0 Å². The molecular weight excluding hydrogens is 268 g/mol. The highest BCUT2D eigenvalue weighted by atomic mass is 32.1. The van der Waals surface area contributed by atoms with Crippen LogP contribution in [-0.4, -0.2) is 16.9 Å². The summed E-state index contributed by atoms with van der Waals surface area (Å²) in [6, 6.07) is 10.3. The van der Waals surface area contributed by atoms with Gasteiger partial charge < -0.3 is 5.32 Å². The molecule has 2 aromatic rings. The van der Waals surface area contributed by atoms with Gasteiger partial charge in [-0.05, 0) is 32.6 Å². The molecule has 1 atom stereocenters. The van der Waals surface area contributed by atoms with Crippen LogP contribution in [0.3, 0.4) is 0 Å². The molecule has 1 fully saturated rings. The van der Waals surface area contributed by atoms with E-state index in [2.05, 4.69) is 17.2 Å². The van der Waals surface area contributed by atoms with E-state index in [-0.39, 0.29) is 11.9 Å². The first-order valence-corrected chi connectivity index (χ1v) is 7.80. The van der Waals surface area contributed by atoms with Crippen molar-refractivity contribution in [2.45, 2.75) is 32.7 Å². The van der Waals surface area contributed by atoms with Crippen molar-refractivity contribution >= 4 is 17.2 Å². The number of aryl methyl sites for hydroxylation is 1. The fraction of sp³-hybridized carbons (Fsp3) is 0.375. The molecule has 0 saturated heterocycles. The number of hydrogen-bond donors (Lipinski definition) is 1. The standard InChI is InChI=1S/C16H18N2OS/c1-10(12-8-9-12)17-15(19)14-11(2)18-16(20-14)13-6-4-3-5-7-13/h3-7,10,12H,8-9H2,1-2H3,(H,17,19)/t10-/m0/s1. The third-order valence-electron chi connectivity index (χ3n) is 3.71. The summed E-state index contributed by atoms with van der Waals surface area (Å²) in [4.78, 5) is 17.6. The Bertz CT molecular complexity index is 617. The molecule has 1 aromatic carbocycles. The zero-order valence-corrected chi connectivity index (χ0v) is 12.5. The van der Waals surface area contributed by atoms with Gasteiger partial charge in [-0.1, -0.05) is 30.3 Å². The van der Waals surface area contributed by atoms with Crippen molar-refractivity contribution in [3.05, 3.63) is 40.9 Å². The second kappa shape index (κ2) is 5.37. The molecule has 0 spiro atoms. The number of carbonyl (C=O) groups is 1. The lowest BCUT2D eigenvalue weighted by atomic mass is 10.2. The average molecular weight is 286 g/mol. The Kier molecular flexibility index (Phi) is 3.57. The van der Waals surface area contributed by atoms with Crippen molar-refractivity contribution in [2.75, 3.05) is 0 Å². The predicted molar refractivity (Wildman–Crippen MR) is 81.9 cm³/mol. The molecule has 0 radical (unpaired) electrons. The molecule has 0 bridgehead atoms. The van der Waals surface area contributed by atoms with Gasteiger partial charge in [0.15, 0.2) is 0 Å². The molecular formula is C16H18N2OS. The van der Waals surface area contributed by atoms with Gasteiger partial charge in [-0.2, -0.15) is 0 Å². The highest BCUT2D eigenvalue weighted by molar-refractivity contribution is 7.17. The van der Waals surface area contributed by atoms with Gasteiger partial charge in [-0.25, -0.2) is 4.98 Å². The average Bonchev–Trinajstić information content (AvgIpc) is 3.22. The first kappa shape index (κ1) is 13.3. The van der Waals surface area contributed by atoms with Gasteiger partial charge in [-0.3, -0.25) is 4.79 Å². The highest BCUT2D eigenvalue weighted by Crippen LogP contribution is 2.33. The molecule has 20 heavy (non-hydrogen) atoms. The summed E-state index contributed by atoms with van der Waals surface area (Å²) >= 11 is 1.47. The maximum atomic E-state index is 12.3. The molecule has 1 N–H and O–H groups in total. The third kappa shape index (κ3) is 2.75. The summed E-state index contributed by atoms with van der Waals surface area (Å²) in [7, 11) is 0. The minimum Gasteiger partial charge on any atom is -0.349 e. The summed E-state index contributed by atoms with van der Waals surface area (Å²) in [5, 5.41) is 4.00. The zero-order valence-electron chi connectivity index (χ0n) is 11.7. The summed E-state index contributed by atoms with van der Waals surface area (Å²) in [5.74, 6) is 0.683. The topological polar surface area (TPSA) is 42.0 Å². The summed E-state index contributed by atoms with van der Waals surface area (Å²) in [6.45, 7) is 3.99. The van der Waals surface area contributed by atoms with Crippen molar-refractivity contribution in [1.29, 1.82) is 0 Å². The molecule has 104 valence electrons. The molecule has 0 unspecified atom stereocenters. The molecule has 1 saturated carbocycles. The third-order valence-corrected chi connectivity index (χ3v) is 4.92. The van der Waals surface area contributed by atoms with Gasteiger partial charge in [0.2, 0.25) is 0 Å². The number of amides is 1. The number of nitrogens with zero attached hydrogens (tertiary/aromatic N) is 1. The largest absolute Gasteiger partial charge is 0.349 e. The van der Waals surface area contributed by atoms with Crippen molar-refractivity contribution in [1.82, 2.24) is 10.3 Å². The summed E-state index contributed by atoms with van der Waals surface area (Å²) in [6.07, 6.45) is 2.47. The molecule has 1 aliphatic rings. The normalized spacial score (nSPS) is 15.9. The predicted octanol–water partition coefficient (Wildman–Crippen LogP) is 3.65. The van der Waals surface area contributed by atoms with Gasteiger partial charge >= 0.3 is 0 Å². The van der Waals surface area contributed by atoms with Crippen LogP contribution in [0.2, 0.25) is 0 Å². The van der Waals surface area contributed by atoms with E-state index in [9.17, 15) is 4.79 Å². The van der Waals surface area contributed by atoms with Crippen molar-refractivity contribution < 1.29 is 4.79 Å². The Balaban J connectivity index is 1.80. The number of benzene rings is 1. The fourth-order valence-electron chi connectivity index (χ4n) is 2.30. The van der Waals surface area contributed by atoms with E-state index in [0.717, 1.165) is 21.1 Å². The van der Waals surface area contributed by atoms with Crippen molar-refractivity contribution in [2.24, 2.45) is 5.92 Å². The zero-order chi connectivity index (χ0) is 14.1. The number of nitrogens with one attached hydrogen (secondary N) is 1. The van der Waals surface area contributed by atoms with Crippen LogP contribution in [0.15, 0.2) is 30.3 Å². The molecule has 1 aromatic heterocycles. The van der Waals surface area contributed by atoms with E-state index in [1.165, 1.54) is 24.2 Å². The number of aromatic nitrogens is 1. The molecule has 1 heterocycles. The minimum absolute atomic E-state index is 0.0154. The van der Waals surface area contributed by atoms with Gasteiger partial charge in [0.1, 0.15) is 9.88 Å². The van der Waals surface area contributed by atoms with Crippen LogP contribution in [0.4, 0.5) is 0 Å². The molecule has 0 aliphatic heterocycles. The maximum absolute atomic E-state index is 12.3. The molecule has 3 rings (SSSR count). The Morgan fingerprint density at radius 3 is 2.70 bits per heavy atom. The second-order valence-electron chi connectivity index (χ2n) is 5.40. The quantitative estimate of drug-likeness (QED) is 0.932. The van der Waals surface area contributed by atoms with Crippen LogP contribution in [-0.2, 0) is 0 Å². The summed E-state index contributed by atoms with van der Waals surface area (Å²) < 4.78 is 0. The lowest BCUT2D eigenvalue weighted by molar-refractivity contribution is 0.0939. The molecule has 1 amide bonds. The van der Waals surface area contributed by atoms with E-state index in [1.807, 2.05) is 37.3 Å². The number of carbonyl (C=O) groups excluding carboxylic acids is 1. The smallest absolute Gasteiger partial charge is 0.263 e. The molecule has 1 aliphatic carbocycles.